The van der Waals surface area contributed by atoms with E-state index in [1.54, 1.807) is 73.2 Å². The maximum atomic E-state index is 13.3. The molecule has 0 aliphatic carbocycles. The third kappa shape index (κ3) is 17.7. The van der Waals surface area contributed by atoms with E-state index in [9.17, 15) is 21.6 Å². The van der Waals surface area contributed by atoms with E-state index in [1.165, 1.54) is 61.3 Å². The Kier molecular flexibility index (Phi) is 22.0. The number of hydrogen-bond donors (Lipinski definition) is 1. The van der Waals surface area contributed by atoms with Gasteiger partial charge in [-0.3, -0.25) is 14.2 Å². The summed E-state index contributed by atoms with van der Waals surface area (Å²) in [7, 11) is 6.37. The van der Waals surface area contributed by atoms with Crippen molar-refractivity contribution in [3.8, 4) is 17.2 Å². The third-order valence-electron chi connectivity index (χ3n) is 12.4. The van der Waals surface area contributed by atoms with Crippen LogP contribution in [0, 0.1) is 53.4 Å². The monoisotopic (exact) mass is 1020 g/mol. The van der Waals surface area contributed by atoms with Gasteiger partial charge in [-0.05, 0) is 188 Å². The fourth-order valence-electron chi connectivity index (χ4n) is 9.11. The maximum Gasteiger partial charge on any atom is 0.353 e. The predicted molar refractivity (Wildman–Crippen MR) is 262 cm³/mol. The summed E-state index contributed by atoms with van der Waals surface area (Å²) in [5.41, 5.74) is 4.98. The fraction of sp³-hybridized carbons (Fsp3) is 0.587. The van der Waals surface area contributed by atoms with Gasteiger partial charge in [0, 0.05) is 60.5 Å². The molecule has 0 bridgehead atoms. The highest BCUT2D eigenvalue weighted by Crippen LogP contribution is 2.34. The number of amides is 1. The smallest absolute Gasteiger partial charge is 0.353 e. The molecule has 0 spiro atoms. The Morgan fingerprint density at radius 3 is 1.45 bits per heavy atom. The highest BCUT2D eigenvalue weighted by molar-refractivity contribution is 8.13. The van der Waals surface area contributed by atoms with Gasteiger partial charge < -0.3 is 24.0 Å². The average molecular weight is 1020 g/mol. The number of nitrogens with zero attached hydrogens (tertiary/aromatic N) is 4. The molecule has 1 atom stereocenters. The van der Waals surface area contributed by atoms with Gasteiger partial charge in [0.25, 0.3) is 9.05 Å². The first-order valence-electron chi connectivity index (χ1n) is 21.9. The van der Waals surface area contributed by atoms with E-state index < -0.39 is 28.4 Å². The lowest BCUT2D eigenvalue weighted by Crippen LogP contribution is -2.45. The van der Waals surface area contributed by atoms with Gasteiger partial charge in [-0.25, -0.2) is 21.1 Å². The second-order valence-electron chi connectivity index (χ2n) is 17.4. The number of ether oxygens (including phenoxy) is 3. The molecule has 3 aliphatic heterocycles. The van der Waals surface area contributed by atoms with E-state index in [4.69, 9.17) is 37.9 Å². The molecule has 0 aromatic heterocycles. The van der Waals surface area contributed by atoms with Crippen LogP contribution in [0.3, 0.4) is 0 Å². The molecule has 3 fully saturated rings. The molecule has 1 amide bonds. The first kappa shape index (κ1) is 57.1. The molecule has 3 aliphatic rings. The van der Waals surface area contributed by atoms with E-state index in [0.29, 0.717) is 44.7 Å². The van der Waals surface area contributed by atoms with Gasteiger partial charge in [-0.15, -0.1) is 0 Å². The Bertz CT molecular complexity index is 2350. The molecule has 15 nitrogen and oxygen atoms in total. The van der Waals surface area contributed by atoms with E-state index in [-0.39, 0.29) is 23.8 Å². The van der Waals surface area contributed by atoms with Crippen molar-refractivity contribution >= 4 is 55.7 Å². The largest absolute Gasteiger partial charge is 0.497 e. The number of rotatable bonds is 11. The molecule has 1 unspecified atom stereocenters. The van der Waals surface area contributed by atoms with Crippen LogP contribution in [0.25, 0.3) is 0 Å². The van der Waals surface area contributed by atoms with E-state index in [0.717, 1.165) is 50.2 Å². The van der Waals surface area contributed by atoms with Crippen LogP contribution in [0.2, 0.25) is 0 Å². The zero-order valence-electron chi connectivity index (χ0n) is 40.3. The Morgan fingerprint density at radius 1 is 0.652 bits per heavy atom. The van der Waals surface area contributed by atoms with Crippen molar-refractivity contribution in [3.05, 3.63) is 75.8 Å². The van der Waals surface area contributed by atoms with E-state index in [2.05, 4.69) is 47.4 Å². The summed E-state index contributed by atoms with van der Waals surface area (Å²) >= 11 is 0. The van der Waals surface area contributed by atoms with Crippen LogP contribution in [-0.4, -0.2) is 142 Å². The molecule has 3 aromatic rings. The van der Waals surface area contributed by atoms with Crippen molar-refractivity contribution in [1.82, 2.24) is 19.0 Å². The molecule has 372 valence electrons. The molecule has 20 heteroatoms. The average Bonchev–Trinajstić information content (AvgIpc) is 3.72. The number of piperidine rings is 2. The summed E-state index contributed by atoms with van der Waals surface area (Å²) in [5.74, 6) is 4.01. The van der Waals surface area contributed by atoms with Crippen LogP contribution in [0.5, 0.6) is 17.2 Å². The lowest BCUT2D eigenvalue weighted by Gasteiger charge is -2.41. The third-order valence-corrected chi connectivity index (χ3v) is 16.1. The minimum Gasteiger partial charge on any atom is -0.497 e. The first-order valence-corrected chi connectivity index (χ1v) is 27.9. The van der Waals surface area contributed by atoms with Gasteiger partial charge in [0.15, 0.2) is 0 Å². The molecule has 3 aromatic carbocycles. The minimum atomic E-state index is -4.19. The highest BCUT2D eigenvalue weighted by atomic mass is 35.7. The number of hydrogen-bond acceptors (Lipinski definition) is 12. The molecule has 6 rings (SSSR count). The molecule has 66 heavy (non-hydrogen) atoms. The van der Waals surface area contributed by atoms with Crippen molar-refractivity contribution in [1.29, 1.82) is 0 Å². The summed E-state index contributed by atoms with van der Waals surface area (Å²) in [4.78, 5) is 20.5. The summed E-state index contributed by atoms with van der Waals surface area (Å²) in [5, 5.41) is 0. The van der Waals surface area contributed by atoms with Crippen molar-refractivity contribution in [2.45, 2.75) is 95.9 Å². The van der Waals surface area contributed by atoms with Crippen molar-refractivity contribution < 1.29 is 48.8 Å². The normalized spacial score (nSPS) is 17.7. The number of likely N-dealkylation sites (tertiary alicyclic amines) is 3. The van der Waals surface area contributed by atoms with Crippen LogP contribution >= 0.6 is 21.4 Å². The molecule has 3 saturated heterocycles. The van der Waals surface area contributed by atoms with Crippen LogP contribution in [0.1, 0.15) is 71.9 Å². The number of carbonyl (C=O) groups is 1. The number of methoxy groups -OCH3 is 3. The van der Waals surface area contributed by atoms with Crippen molar-refractivity contribution in [3.63, 3.8) is 0 Å². The molecule has 1 N–H and O–H groups in total. The summed E-state index contributed by atoms with van der Waals surface area (Å²) < 4.78 is 90.8. The Morgan fingerprint density at radius 2 is 1.05 bits per heavy atom. The highest BCUT2D eigenvalue weighted by Gasteiger charge is 2.35. The van der Waals surface area contributed by atoms with Gasteiger partial charge in [0.2, 0.25) is 15.9 Å². The Labute approximate surface area is 403 Å². The number of sulfonamides is 1. The summed E-state index contributed by atoms with van der Waals surface area (Å²) in [6.07, 6.45) is 6.47. The Hall–Kier alpha value is -3.20. The van der Waals surface area contributed by atoms with Crippen molar-refractivity contribution in [2.24, 2.45) is 11.8 Å². The van der Waals surface area contributed by atoms with Crippen LogP contribution in [-0.2, 0) is 33.2 Å². The number of benzene rings is 3. The summed E-state index contributed by atoms with van der Waals surface area (Å²) in [6, 6.07) is 13.4. The minimum absolute atomic E-state index is 0.0499. The number of aryl methyl sites for hydroxylation is 6. The number of carbonyl (C=O) groups excluding carboxylic acids is 1. The zero-order valence-corrected chi connectivity index (χ0v) is 44.2. The first-order chi connectivity index (χ1) is 30.7. The lowest BCUT2D eigenvalue weighted by molar-refractivity contribution is -0.130. The Balaban J connectivity index is 0.000000322. The van der Waals surface area contributed by atoms with Gasteiger partial charge in [0.1, 0.15) is 17.2 Å². The van der Waals surface area contributed by atoms with Gasteiger partial charge >= 0.3 is 9.33 Å². The fourth-order valence-corrected chi connectivity index (χ4v) is 12.3. The second kappa shape index (κ2) is 25.4. The quantitative estimate of drug-likeness (QED) is 0.147. The van der Waals surface area contributed by atoms with Crippen LogP contribution < -0.4 is 14.2 Å². The molecular formula is C46H70Cl2N4O11S3. The standard InChI is InChI=1S/C28H46N4O4S.C9H11ClO3S.C9H12O.ClHO3S/c1-21-18-26(36-5)19-22(2)28(21)37(34,35)30(4)14-11-27(33)32-17-10-25(20-32)31-15-8-24(9-16-31)23-6-12-29(3)13-7-23;1-6-4-8(13-3)5-7(2)9(6)14(10,11)12;1-7-4-8(2)6-9(5-7)10-3;1-5(2,3)4/h18-19,23-25H,6-17,20H2,1-5H3;4-5H,1-3H3;4-6H,1-3H3;(H,2,3,4). The van der Waals surface area contributed by atoms with E-state index >= 15 is 0 Å². The maximum absolute atomic E-state index is 13.3. The second-order valence-corrected chi connectivity index (χ2v) is 23.9. The molecule has 0 saturated carbocycles. The summed E-state index contributed by atoms with van der Waals surface area (Å²) in [6.45, 7) is 17.5. The number of halogens is 2. The van der Waals surface area contributed by atoms with Gasteiger partial charge in [0.05, 0.1) is 31.1 Å². The zero-order chi connectivity index (χ0) is 49.7. The predicted octanol–water partition coefficient (Wildman–Crippen LogP) is 7.56. The van der Waals surface area contributed by atoms with Crippen molar-refractivity contribution in [2.75, 3.05) is 81.2 Å². The van der Waals surface area contributed by atoms with Crippen LogP contribution in [0.4, 0.5) is 0 Å². The molecular weight excluding hydrogens is 952 g/mol. The van der Waals surface area contributed by atoms with Gasteiger partial charge in [-0.2, -0.15) is 8.42 Å². The SMILES string of the molecule is COc1cc(C)c(S(=O)(=O)Cl)c(C)c1.COc1cc(C)c(S(=O)(=O)N(C)CCC(=O)N2CCC(N3CCC(C4CCN(C)CC4)CC3)C2)c(C)c1.COc1cc(C)cc(C)c1.O=S(=O)(O)Cl. The van der Waals surface area contributed by atoms with Crippen LogP contribution in [0.15, 0.2) is 52.3 Å². The van der Waals surface area contributed by atoms with E-state index in [1.807, 2.05) is 17.0 Å². The molecule has 3 heterocycles. The topological polar surface area (TPSA) is 180 Å². The van der Waals surface area contributed by atoms with Gasteiger partial charge in [-0.1, -0.05) is 6.07 Å². The lowest BCUT2D eigenvalue weighted by atomic mass is 9.78. The molecule has 0 radical (unpaired) electrons.